The van der Waals surface area contributed by atoms with Gasteiger partial charge in [0.1, 0.15) is 11.6 Å². The molecule has 0 radical (unpaired) electrons. The molecule has 3 heterocycles. The number of anilines is 3. The highest BCUT2D eigenvalue weighted by Crippen LogP contribution is 2.21. The lowest BCUT2D eigenvalue weighted by atomic mass is 10.1. The quantitative estimate of drug-likeness (QED) is 0.880. The Labute approximate surface area is 159 Å². The molecule has 1 aromatic carbocycles. The van der Waals surface area contributed by atoms with E-state index in [9.17, 15) is 4.39 Å². The lowest BCUT2D eigenvalue weighted by Crippen LogP contribution is -2.46. The van der Waals surface area contributed by atoms with Gasteiger partial charge >= 0.3 is 0 Å². The first kappa shape index (κ1) is 17.9. The molecule has 2 aliphatic rings. The molecule has 2 aromatic rings. The summed E-state index contributed by atoms with van der Waals surface area (Å²) in [4.78, 5) is 19.9. The number of aromatic nitrogens is 3. The van der Waals surface area contributed by atoms with Gasteiger partial charge in [0.15, 0.2) is 0 Å². The van der Waals surface area contributed by atoms with Gasteiger partial charge in [0.2, 0.25) is 11.9 Å². The molecule has 2 saturated heterocycles. The highest BCUT2D eigenvalue weighted by atomic mass is 19.1. The Morgan fingerprint density at radius 2 is 1.59 bits per heavy atom. The Morgan fingerprint density at radius 3 is 2.33 bits per heavy atom. The molecular formula is C19H26FN7. The molecule has 7 nitrogen and oxygen atoms in total. The number of nitrogen functional groups attached to an aromatic ring is 1. The number of nitrogens with two attached hydrogens (primary N) is 1. The summed E-state index contributed by atoms with van der Waals surface area (Å²) in [5.41, 5.74) is 6.60. The van der Waals surface area contributed by atoms with Crippen LogP contribution in [0.1, 0.15) is 25.1 Å². The number of para-hydroxylation sites is 1. The maximum absolute atomic E-state index is 14.0. The zero-order valence-corrected chi connectivity index (χ0v) is 15.5. The van der Waals surface area contributed by atoms with Gasteiger partial charge in [-0.05, 0) is 31.4 Å². The van der Waals surface area contributed by atoms with E-state index < -0.39 is 0 Å². The fourth-order valence-corrected chi connectivity index (χ4v) is 3.79. The van der Waals surface area contributed by atoms with Crippen molar-refractivity contribution in [3.63, 3.8) is 0 Å². The van der Waals surface area contributed by atoms with Crippen molar-refractivity contribution in [1.29, 1.82) is 0 Å². The van der Waals surface area contributed by atoms with Crippen LogP contribution in [0.2, 0.25) is 0 Å². The van der Waals surface area contributed by atoms with Crippen molar-refractivity contribution in [3.8, 4) is 0 Å². The van der Waals surface area contributed by atoms with Crippen LogP contribution < -0.4 is 15.5 Å². The van der Waals surface area contributed by atoms with Crippen molar-refractivity contribution in [2.24, 2.45) is 0 Å². The second-order valence-electron chi connectivity index (χ2n) is 7.17. The number of hydrogen-bond donors (Lipinski definition) is 1. The van der Waals surface area contributed by atoms with Gasteiger partial charge < -0.3 is 15.5 Å². The van der Waals surface area contributed by atoms with Gasteiger partial charge in [-0.3, -0.25) is 4.90 Å². The average molecular weight is 371 g/mol. The van der Waals surface area contributed by atoms with Crippen molar-refractivity contribution in [1.82, 2.24) is 19.9 Å². The van der Waals surface area contributed by atoms with Crippen molar-refractivity contribution >= 4 is 17.6 Å². The van der Waals surface area contributed by atoms with Crippen LogP contribution in [0.15, 0.2) is 24.3 Å². The zero-order chi connectivity index (χ0) is 18.6. The van der Waals surface area contributed by atoms with E-state index in [0.29, 0.717) is 24.0 Å². The maximum atomic E-state index is 14.0. The maximum Gasteiger partial charge on any atom is 0.230 e. The molecule has 2 aliphatic heterocycles. The van der Waals surface area contributed by atoms with E-state index in [1.54, 1.807) is 6.07 Å². The Kier molecular flexibility index (Phi) is 5.33. The summed E-state index contributed by atoms with van der Waals surface area (Å²) in [5.74, 6) is 1.53. The third-order valence-corrected chi connectivity index (χ3v) is 5.26. The molecule has 0 atom stereocenters. The van der Waals surface area contributed by atoms with Crippen molar-refractivity contribution in [2.75, 3.05) is 54.8 Å². The van der Waals surface area contributed by atoms with Gasteiger partial charge in [-0.2, -0.15) is 15.0 Å². The number of piperazine rings is 1. The highest BCUT2D eigenvalue weighted by Gasteiger charge is 2.21. The molecule has 0 aliphatic carbocycles. The fourth-order valence-electron chi connectivity index (χ4n) is 3.79. The largest absolute Gasteiger partial charge is 0.368 e. The monoisotopic (exact) mass is 371 g/mol. The topological polar surface area (TPSA) is 74.4 Å². The summed E-state index contributed by atoms with van der Waals surface area (Å²) in [6, 6.07) is 6.95. The van der Waals surface area contributed by atoms with Crippen molar-refractivity contribution < 1.29 is 4.39 Å². The Balaban J connectivity index is 1.39. The number of hydrogen-bond acceptors (Lipinski definition) is 7. The molecule has 0 bridgehead atoms. The first-order valence-corrected chi connectivity index (χ1v) is 9.66. The molecule has 1 aromatic heterocycles. The normalized spacial score (nSPS) is 18.7. The molecule has 2 fully saturated rings. The van der Waals surface area contributed by atoms with Gasteiger partial charge in [-0.1, -0.05) is 12.1 Å². The van der Waals surface area contributed by atoms with Crippen molar-refractivity contribution in [3.05, 3.63) is 35.9 Å². The smallest absolute Gasteiger partial charge is 0.230 e. The number of benzene rings is 1. The third kappa shape index (κ3) is 4.27. The molecule has 8 heteroatoms. The second kappa shape index (κ2) is 8.04. The molecule has 0 amide bonds. The third-order valence-electron chi connectivity index (χ3n) is 5.26. The van der Waals surface area contributed by atoms with Crippen LogP contribution in [0.25, 0.3) is 0 Å². The number of nitrogens with zero attached hydrogens (tertiary/aromatic N) is 6. The minimum absolute atomic E-state index is 0.164. The zero-order valence-electron chi connectivity index (χ0n) is 15.5. The minimum Gasteiger partial charge on any atom is -0.368 e. The molecule has 0 saturated carbocycles. The average Bonchev–Trinajstić information content (AvgIpc) is 2.69. The molecule has 144 valence electrons. The summed E-state index contributed by atoms with van der Waals surface area (Å²) in [7, 11) is 0. The minimum atomic E-state index is -0.164. The Morgan fingerprint density at radius 1 is 0.852 bits per heavy atom. The van der Waals surface area contributed by atoms with Gasteiger partial charge in [0.05, 0.1) is 12.2 Å². The lowest BCUT2D eigenvalue weighted by molar-refractivity contribution is 0.243. The summed E-state index contributed by atoms with van der Waals surface area (Å²) >= 11 is 0. The van der Waals surface area contributed by atoms with E-state index in [1.165, 1.54) is 25.3 Å². The summed E-state index contributed by atoms with van der Waals surface area (Å²) in [5, 5.41) is 0. The lowest BCUT2D eigenvalue weighted by Gasteiger charge is -2.36. The van der Waals surface area contributed by atoms with Crippen LogP contribution >= 0.6 is 0 Å². The highest BCUT2D eigenvalue weighted by molar-refractivity contribution is 5.48. The van der Waals surface area contributed by atoms with E-state index in [1.807, 2.05) is 12.1 Å². The van der Waals surface area contributed by atoms with E-state index >= 15 is 0 Å². The number of halogens is 1. The standard InChI is InChI=1S/C19H26FN7/c20-15-6-2-3-7-16(15)26-12-10-25(11-13-26)14-17-22-18(21)24-19(23-17)27-8-4-1-5-9-27/h2-3,6-7H,1,4-5,8-14H2,(H2,21,22,23,24). The predicted octanol–water partition coefficient (Wildman–Crippen LogP) is 1.91. The molecule has 4 rings (SSSR count). The van der Waals surface area contributed by atoms with E-state index in [2.05, 4.69) is 29.7 Å². The molecular weight excluding hydrogens is 345 g/mol. The van der Waals surface area contributed by atoms with Crippen LogP contribution in [0.5, 0.6) is 0 Å². The van der Waals surface area contributed by atoms with Crippen LogP contribution in [0.4, 0.5) is 22.0 Å². The van der Waals surface area contributed by atoms with E-state index in [4.69, 9.17) is 5.73 Å². The summed E-state index contributed by atoms with van der Waals surface area (Å²) < 4.78 is 14.0. The van der Waals surface area contributed by atoms with Crippen molar-refractivity contribution in [2.45, 2.75) is 25.8 Å². The second-order valence-corrected chi connectivity index (χ2v) is 7.17. The van der Waals surface area contributed by atoms with E-state index in [-0.39, 0.29) is 11.8 Å². The predicted molar refractivity (Wildman–Crippen MR) is 104 cm³/mol. The number of rotatable bonds is 4. The SMILES string of the molecule is Nc1nc(CN2CCN(c3ccccc3F)CC2)nc(N2CCCCC2)n1. The molecule has 0 unspecified atom stereocenters. The first-order valence-electron chi connectivity index (χ1n) is 9.66. The van der Waals surface area contributed by atoms with Crippen LogP contribution in [-0.2, 0) is 6.54 Å². The summed E-state index contributed by atoms with van der Waals surface area (Å²) in [6.45, 7) is 5.81. The van der Waals surface area contributed by atoms with Gasteiger partial charge in [-0.25, -0.2) is 4.39 Å². The van der Waals surface area contributed by atoms with Crippen LogP contribution in [0, 0.1) is 5.82 Å². The Bertz CT molecular complexity index is 770. The van der Waals surface area contributed by atoms with Gasteiger partial charge in [0, 0.05) is 39.3 Å². The van der Waals surface area contributed by atoms with Gasteiger partial charge in [0.25, 0.3) is 0 Å². The molecule has 0 spiro atoms. The van der Waals surface area contributed by atoms with Crippen LogP contribution in [0.3, 0.4) is 0 Å². The van der Waals surface area contributed by atoms with E-state index in [0.717, 1.165) is 39.3 Å². The van der Waals surface area contributed by atoms with Gasteiger partial charge in [-0.15, -0.1) is 0 Å². The Hall–Kier alpha value is -2.48. The fraction of sp³-hybridized carbons (Fsp3) is 0.526. The molecule has 27 heavy (non-hydrogen) atoms. The van der Waals surface area contributed by atoms with Crippen LogP contribution in [-0.4, -0.2) is 59.1 Å². The molecule has 2 N–H and O–H groups in total. The summed E-state index contributed by atoms with van der Waals surface area (Å²) in [6.07, 6.45) is 3.59. The first-order chi connectivity index (χ1) is 13.2. The number of piperidine rings is 1.